The molecule has 2 aliphatic heterocycles. The first kappa shape index (κ1) is 10.6. The van der Waals surface area contributed by atoms with Gasteiger partial charge in [-0.1, -0.05) is 0 Å². The third kappa shape index (κ3) is 2.81. The highest BCUT2D eigenvalue weighted by Gasteiger charge is 2.15. The van der Waals surface area contributed by atoms with Gasteiger partial charge in [0.25, 0.3) is 0 Å². The van der Waals surface area contributed by atoms with Crippen molar-refractivity contribution in [3.05, 3.63) is 0 Å². The number of ether oxygens (including phenoxy) is 1. The SMILES string of the molecule is CC1O[C-]=NC1=O.NN1CCCC1=O. The minimum Gasteiger partial charge on any atom is -0.578 e. The molecule has 14 heavy (non-hydrogen) atoms. The van der Waals surface area contributed by atoms with E-state index in [-0.39, 0.29) is 11.8 Å². The molecule has 0 radical (unpaired) electrons. The Morgan fingerprint density at radius 1 is 1.64 bits per heavy atom. The van der Waals surface area contributed by atoms with Crippen LogP contribution in [0.25, 0.3) is 0 Å². The predicted molar refractivity (Wildman–Crippen MR) is 48.1 cm³/mol. The summed E-state index contributed by atoms with van der Waals surface area (Å²) in [6.45, 7) is 2.37. The van der Waals surface area contributed by atoms with Crippen LogP contribution in [0.1, 0.15) is 19.8 Å². The summed E-state index contributed by atoms with van der Waals surface area (Å²) in [5, 5.41) is 1.26. The number of aliphatic imine (C=N–C) groups is 1. The molecule has 0 aromatic carbocycles. The number of hydrazine groups is 1. The molecule has 2 amide bonds. The van der Waals surface area contributed by atoms with E-state index in [1.165, 1.54) is 5.01 Å². The zero-order chi connectivity index (χ0) is 10.6. The largest absolute Gasteiger partial charge is 0.578 e. The molecule has 78 valence electrons. The summed E-state index contributed by atoms with van der Waals surface area (Å²) in [4.78, 5) is 23.8. The van der Waals surface area contributed by atoms with Crippen LogP contribution in [-0.2, 0) is 14.3 Å². The molecular formula is C8H12N3O3-. The number of rotatable bonds is 0. The number of hydrogen-bond acceptors (Lipinski definition) is 4. The predicted octanol–water partition coefficient (Wildman–Crippen LogP) is -0.681. The summed E-state index contributed by atoms with van der Waals surface area (Å²) in [5.41, 5.74) is 0. The monoisotopic (exact) mass is 198 g/mol. The number of carbonyl (C=O) groups is 2. The molecule has 2 rings (SSSR count). The van der Waals surface area contributed by atoms with E-state index in [1.807, 2.05) is 0 Å². The molecule has 0 spiro atoms. The van der Waals surface area contributed by atoms with Gasteiger partial charge in [-0.25, -0.2) is 5.84 Å². The summed E-state index contributed by atoms with van der Waals surface area (Å²) in [5.74, 6) is 4.98. The first-order valence-corrected chi connectivity index (χ1v) is 4.31. The van der Waals surface area contributed by atoms with Crippen LogP contribution in [0.4, 0.5) is 0 Å². The van der Waals surface area contributed by atoms with E-state index >= 15 is 0 Å². The lowest BCUT2D eigenvalue weighted by atomic mass is 10.4. The molecule has 0 saturated carbocycles. The molecule has 1 unspecified atom stereocenters. The number of nitrogens with zero attached hydrogens (tertiary/aromatic N) is 2. The van der Waals surface area contributed by atoms with E-state index in [1.54, 1.807) is 6.92 Å². The molecule has 6 nitrogen and oxygen atoms in total. The van der Waals surface area contributed by atoms with E-state index in [9.17, 15) is 9.59 Å². The van der Waals surface area contributed by atoms with E-state index in [0.29, 0.717) is 6.42 Å². The maximum atomic E-state index is 10.4. The second-order valence-corrected chi connectivity index (χ2v) is 2.99. The molecule has 0 aromatic heterocycles. The second kappa shape index (κ2) is 4.71. The maximum Gasteiger partial charge on any atom is 0.236 e. The van der Waals surface area contributed by atoms with Gasteiger partial charge in [0.1, 0.15) is 5.91 Å². The number of amides is 2. The Bertz CT molecular complexity index is 265. The Kier molecular flexibility index (Phi) is 3.58. The average Bonchev–Trinajstić information content (AvgIpc) is 2.67. The number of carbonyl (C=O) groups excluding carboxylic acids is 2. The molecule has 2 N–H and O–H groups in total. The van der Waals surface area contributed by atoms with Crippen molar-refractivity contribution in [2.75, 3.05) is 6.54 Å². The highest BCUT2D eigenvalue weighted by atomic mass is 16.5. The van der Waals surface area contributed by atoms with Gasteiger partial charge in [0.2, 0.25) is 5.91 Å². The van der Waals surface area contributed by atoms with Crippen molar-refractivity contribution in [3.63, 3.8) is 0 Å². The molecule has 0 aromatic rings. The summed E-state index contributed by atoms with van der Waals surface area (Å²) in [6, 6.07) is 0. The molecule has 0 aliphatic carbocycles. The van der Waals surface area contributed by atoms with Crippen LogP contribution in [0.5, 0.6) is 0 Å². The van der Waals surface area contributed by atoms with Gasteiger partial charge in [-0.3, -0.25) is 9.80 Å². The Morgan fingerprint density at radius 2 is 2.36 bits per heavy atom. The lowest BCUT2D eigenvalue weighted by molar-refractivity contribution is -0.127. The molecular weight excluding hydrogens is 186 g/mol. The molecule has 2 aliphatic rings. The van der Waals surface area contributed by atoms with Crippen LogP contribution >= 0.6 is 0 Å². The van der Waals surface area contributed by atoms with Crippen LogP contribution in [0, 0.1) is 0 Å². The first-order chi connectivity index (χ1) is 6.61. The van der Waals surface area contributed by atoms with Gasteiger partial charge in [0.15, 0.2) is 0 Å². The molecule has 2 heterocycles. The highest BCUT2D eigenvalue weighted by Crippen LogP contribution is 2.02. The van der Waals surface area contributed by atoms with Crippen LogP contribution in [0.15, 0.2) is 4.99 Å². The smallest absolute Gasteiger partial charge is 0.236 e. The lowest BCUT2D eigenvalue weighted by Crippen LogP contribution is -2.31. The van der Waals surface area contributed by atoms with E-state index in [0.717, 1.165) is 13.0 Å². The van der Waals surface area contributed by atoms with E-state index in [4.69, 9.17) is 5.84 Å². The fraction of sp³-hybridized carbons (Fsp3) is 0.625. The van der Waals surface area contributed by atoms with Crippen LogP contribution in [0.2, 0.25) is 0 Å². The normalized spacial score (nSPS) is 24.7. The average molecular weight is 198 g/mol. The quantitative estimate of drug-likeness (QED) is 0.317. The fourth-order valence-electron chi connectivity index (χ4n) is 0.961. The topological polar surface area (TPSA) is 85.0 Å². The van der Waals surface area contributed by atoms with Gasteiger partial charge >= 0.3 is 0 Å². The Hall–Kier alpha value is -1.43. The zero-order valence-electron chi connectivity index (χ0n) is 7.90. The third-order valence-corrected chi connectivity index (χ3v) is 1.84. The fourth-order valence-corrected chi connectivity index (χ4v) is 0.961. The lowest BCUT2D eigenvalue weighted by Gasteiger charge is -2.03. The first-order valence-electron chi connectivity index (χ1n) is 4.31. The minimum absolute atomic E-state index is 0.0694. The molecule has 1 saturated heterocycles. The molecule has 1 fully saturated rings. The second-order valence-electron chi connectivity index (χ2n) is 2.99. The molecule has 6 heteroatoms. The van der Waals surface area contributed by atoms with Crippen molar-refractivity contribution in [2.24, 2.45) is 10.8 Å². The van der Waals surface area contributed by atoms with Gasteiger partial charge < -0.3 is 14.5 Å². The summed E-state index contributed by atoms with van der Waals surface area (Å²) >= 11 is 0. The standard InChI is InChI=1S/C4H8N2O.C4H4NO2/c5-6-3-1-2-4(6)7;1-3-4(6)5-2-7-3/h1-3,5H2;3H,1H3/q;-1. The Labute approximate surface area is 81.7 Å². The van der Waals surface area contributed by atoms with Crippen molar-refractivity contribution in [1.29, 1.82) is 0 Å². The Balaban J connectivity index is 0.000000140. The number of nitrogens with two attached hydrogens (primary N) is 1. The van der Waals surface area contributed by atoms with Gasteiger partial charge in [-0.15, -0.1) is 0 Å². The van der Waals surface area contributed by atoms with E-state index in [2.05, 4.69) is 16.1 Å². The Morgan fingerprint density at radius 3 is 2.50 bits per heavy atom. The molecule has 1 atom stereocenters. The van der Waals surface area contributed by atoms with Crippen LogP contribution < -0.4 is 5.84 Å². The molecule has 0 bridgehead atoms. The third-order valence-electron chi connectivity index (χ3n) is 1.84. The van der Waals surface area contributed by atoms with Gasteiger partial charge in [0.05, 0.1) is 6.10 Å². The van der Waals surface area contributed by atoms with Crippen LogP contribution in [0.3, 0.4) is 0 Å². The van der Waals surface area contributed by atoms with Gasteiger partial charge in [-0.2, -0.15) is 0 Å². The van der Waals surface area contributed by atoms with Crippen LogP contribution in [-0.4, -0.2) is 35.9 Å². The van der Waals surface area contributed by atoms with Crippen molar-refractivity contribution < 1.29 is 14.3 Å². The highest BCUT2D eigenvalue weighted by molar-refractivity contribution is 5.91. The minimum atomic E-state index is -0.403. The summed E-state index contributed by atoms with van der Waals surface area (Å²) in [6.07, 6.45) is 3.26. The van der Waals surface area contributed by atoms with Gasteiger partial charge in [0, 0.05) is 19.4 Å². The maximum absolute atomic E-state index is 10.4. The van der Waals surface area contributed by atoms with E-state index < -0.39 is 6.10 Å². The van der Waals surface area contributed by atoms with Crippen molar-refractivity contribution >= 4 is 18.2 Å². The van der Waals surface area contributed by atoms with Gasteiger partial charge in [-0.05, 0) is 13.3 Å². The zero-order valence-corrected chi connectivity index (χ0v) is 7.90. The van der Waals surface area contributed by atoms with Crippen molar-refractivity contribution in [2.45, 2.75) is 25.9 Å². The number of hydrogen-bond donors (Lipinski definition) is 1. The van der Waals surface area contributed by atoms with Crippen molar-refractivity contribution in [1.82, 2.24) is 5.01 Å². The van der Waals surface area contributed by atoms with Crippen molar-refractivity contribution in [3.8, 4) is 0 Å². The summed E-state index contributed by atoms with van der Waals surface area (Å²) < 4.78 is 4.50. The summed E-state index contributed by atoms with van der Waals surface area (Å²) in [7, 11) is 0.